The van der Waals surface area contributed by atoms with Crippen LogP contribution in [-0.2, 0) is 0 Å². The summed E-state index contributed by atoms with van der Waals surface area (Å²) in [6.07, 6.45) is 8.14. The molecule has 2 unspecified atom stereocenters. The van der Waals surface area contributed by atoms with Gasteiger partial charge in [-0.3, -0.25) is 5.32 Å². The minimum absolute atomic E-state index is 0.190. The third-order valence-corrected chi connectivity index (χ3v) is 3.81. The molecule has 100 valence electrons. The molecule has 1 heterocycles. The Hall–Kier alpha value is -1.85. The topological polar surface area (TPSA) is 77.4 Å². The molecular weight excluding hydrogens is 238 g/mol. The maximum Gasteiger partial charge on any atom is 0.212 e. The Labute approximate surface area is 113 Å². The van der Waals surface area contributed by atoms with Crippen LogP contribution in [0.4, 0.5) is 0 Å². The Balaban J connectivity index is 2.17. The fraction of sp³-hybridized carbons (Fsp3) is 0.643. The molecule has 0 amide bonds. The van der Waals surface area contributed by atoms with Crippen LogP contribution in [0.3, 0.4) is 0 Å². The molecule has 2 atom stereocenters. The van der Waals surface area contributed by atoms with E-state index in [-0.39, 0.29) is 6.04 Å². The number of aromatic nitrogens is 2. The van der Waals surface area contributed by atoms with E-state index < -0.39 is 5.54 Å². The van der Waals surface area contributed by atoms with Gasteiger partial charge in [0.05, 0.1) is 6.07 Å². The maximum absolute atomic E-state index is 9.51. The van der Waals surface area contributed by atoms with Crippen molar-refractivity contribution in [2.24, 2.45) is 0 Å². The molecule has 0 saturated heterocycles. The van der Waals surface area contributed by atoms with Crippen molar-refractivity contribution in [3.63, 3.8) is 0 Å². The van der Waals surface area contributed by atoms with Crippen LogP contribution in [0.15, 0.2) is 12.4 Å². The monoisotopic (exact) mass is 257 g/mol. The standard InChI is InChI=1S/C14H19N5/c1-2-6-18-14(11-16)5-3-4-12(9-14)19-8-7-17-13(19)10-15/h7-8,12,18H,2-6,9H2,1H3. The number of hydrogen-bond donors (Lipinski definition) is 1. The van der Waals surface area contributed by atoms with E-state index in [0.29, 0.717) is 5.82 Å². The quantitative estimate of drug-likeness (QED) is 0.896. The molecule has 1 N–H and O–H groups in total. The predicted molar refractivity (Wildman–Crippen MR) is 71.1 cm³/mol. The first kappa shape index (κ1) is 13.6. The van der Waals surface area contributed by atoms with Crippen molar-refractivity contribution in [1.82, 2.24) is 14.9 Å². The first-order valence-corrected chi connectivity index (χ1v) is 6.84. The van der Waals surface area contributed by atoms with Gasteiger partial charge in [0.15, 0.2) is 0 Å². The Bertz CT molecular complexity index is 507. The summed E-state index contributed by atoms with van der Waals surface area (Å²) in [7, 11) is 0. The lowest BCUT2D eigenvalue weighted by atomic mass is 9.79. The molecule has 0 aromatic carbocycles. The van der Waals surface area contributed by atoms with E-state index in [2.05, 4.69) is 29.4 Å². The van der Waals surface area contributed by atoms with Crippen molar-refractivity contribution in [2.45, 2.75) is 50.6 Å². The molecule has 5 heteroatoms. The summed E-state index contributed by atoms with van der Waals surface area (Å²) >= 11 is 0. The SMILES string of the molecule is CCCNC1(C#N)CCCC(n2ccnc2C#N)C1. The summed E-state index contributed by atoms with van der Waals surface area (Å²) in [5.41, 5.74) is -0.448. The van der Waals surface area contributed by atoms with Gasteiger partial charge < -0.3 is 4.57 Å². The number of nitrogens with one attached hydrogen (secondary N) is 1. The molecule has 19 heavy (non-hydrogen) atoms. The number of hydrogen-bond acceptors (Lipinski definition) is 4. The van der Waals surface area contributed by atoms with E-state index >= 15 is 0 Å². The van der Waals surface area contributed by atoms with Crippen LogP contribution in [-0.4, -0.2) is 21.6 Å². The number of nitriles is 2. The van der Waals surface area contributed by atoms with Crippen molar-refractivity contribution in [1.29, 1.82) is 10.5 Å². The number of rotatable bonds is 4. The lowest BCUT2D eigenvalue weighted by Gasteiger charge is -2.37. The van der Waals surface area contributed by atoms with Crippen LogP contribution in [0.5, 0.6) is 0 Å². The Morgan fingerprint density at radius 2 is 2.42 bits per heavy atom. The summed E-state index contributed by atoms with van der Waals surface area (Å²) in [5.74, 6) is 0.439. The second kappa shape index (κ2) is 5.86. The fourth-order valence-corrected chi connectivity index (χ4v) is 2.84. The largest absolute Gasteiger partial charge is 0.319 e. The molecule has 1 aromatic rings. The highest BCUT2D eigenvalue weighted by atomic mass is 15.1. The molecule has 1 saturated carbocycles. The summed E-state index contributed by atoms with van der Waals surface area (Å²) in [5, 5.41) is 21.9. The minimum atomic E-state index is -0.448. The van der Waals surface area contributed by atoms with E-state index in [9.17, 15) is 5.26 Å². The molecule has 5 nitrogen and oxygen atoms in total. The van der Waals surface area contributed by atoms with E-state index in [1.165, 1.54) is 0 Å². The summed E-state index contributed by atoms with van der Waals surface area (Å²) < 4.78 is 1.92. The molecule has 0 spiro atoms. The van der Waals surface area contributed by atoms with E-state index in [4.69, 9.17) is 5.26 Å². The van der Waals surface area contributed by atoms with Crippen LogP contribution in [0, 0.1) is 22.7 Å². The van der Waals surface area contributed by atoms with Crippen molar-refractivity contribution in [2.75, 3.05) is 6.54 Å². The maximum atomic E-state index is 9.51. The Kier molecular flexibility index (Phi) is 4.19. The fourth-order valence-electron chi connectivity index (χ4n) is 2.84. The third kappa shape index (κ3) is 2.77. The molecule has 1 aromatic heterocycles. The second-order valence-corrected chi connectivity index (χ2v) is 5.14. The molecule has 1 aliphatic rings. The first-order valence-electron chi connectivity index (χ1n) is 6.84. The molecule has 0 radical (unpaired) electrons. The Morgan fingerprint density at radius 3 is 3.11 bits per heavy atom. The van der Waals surface area contributed by atoms with Gasteiger partial charge in [-0.2, -0.15) is 10.5 Å². The highest BCUT2D eigenvalue weighted by Gasteiger charge is 2.37. The van der Waals surface area contributed by atoms with Crippen molar-refractivity contribution in [3.05, 3.63) is 18.2 Å². The number of nitrogens with zero attached hydrogens (tertiary/aromatic N) is 4. The average molecular weight is 257 g/mol. The van der Waals surface area contributed by atoms with Gasteiger partial charge in [0, 0.05) is 18.4 Å². The van der Waals surface area contributed by atoms with Gasteiger partial charge in [-0.15, -0.1) is 0 Å². The minimum Gasteiger partial charge on any atom is -0.319 e. The average Bonchev–Trinajstić information content (AvgIpc) is 2.94. The lowest BCUT2D eigenvalue weighted by molar-refractivity contribution is 0.230. The van der Waals surface area contributed by atoms with Gasteiger partial charge in [-0.1, -0.05) is 6.92 Å². The summed E-state index contributed by atoms with van der Waals surface area (Å²) in [4.78, 5) is 4.04. The van der Waals surface area contributed by atoms with Crippen LogP contribution >= 0.6 is 0 Å². The van der Waals surface area contributed by atoms with Crippen molar-refractivity contribution < 1.29 is 0 Å². The zero-order chi connectivity index (χ0) is 13.7. The van der Waals surface area contributed by atoms with Gasteiger partial charge in [-0.25, -0.2) is 4.98 Å². The number of imidazole rings is 1. The van der Waals surface area contributed by atoms with Gasteiger partial charge in [0.25, 0.3) is 0 Å². The molecule has 0 aliphatic heterocycles. The van der Waals surface area contributed by atoms with E-state index in [1.807, 2.05) is 10.8 Å². The molecule has 1 fully saturated rings. The molecular formula is C14H19N5. The first-order chi connectivity index (χ1) is 9.24. The van der Waals surface area contributed by atoms with Crippen molar-refractivity contribution in [3.8, 4) is 12.1 Å². The lowest BCUT2D eigenvalue weighted by Crippen LogP contribution is -2.48. The Morgan fingerprint density at radius 1 is 1.58 bits per heavy atom. The van der Waals surface area contributed by atoms with Gasteiger partial charge in [0.1, 0.15) is 11.6 Å². The van der Waals surface area contributed by atoms with Crippen LogP contribution in [0.2, 0.25) is 0 Å². The van der Waals surface area contributed by atoms with Crippen LogP contribution in [0.25, 0.3) is 0 Å². The molecule has 2 rings (SSSR count). The second-order valence-electron chi connectivity index (χ2n) is 5.14. The van der Waals surface area contributed by atoms with E-state index in [1.54, 1.807) is 6.20 Å². The molecule has 0 bridgehead atoms. The van der Waals surface area contributed by atoms with Crippen LogP contribution in [0.1, 0.15) is 50.9 Å². The summed E-state index contributed by atoms with van der Waals surface area (Å²) in [6, 6.07) is 4.75. The zero-order valence-electron chi connectivity index (χ0n) is 11.3. The molecule has 1 aliphatic carbocycles. The predicted octanol–water partition coefficient (Wildman–Crippen LogP) is 2.13. The third-order valence-electron chi connectivity index (χ3n) is 3.81. The van der Waals surface area contributed by atoms with E-state index in [0.717, 1.165) is 38.6 Å². The zero-order valence-corrected chi connectivity index (χ0v) is 11.3. The van der Waals surface area contributed by atoms with Gasteiger partial charge in [0.2, 0.25) is 5.82 Å². The van der Waals surface area contributed by atoms with Gasteiger partial charge in [-0.05, 0) is 38.6 Å². The summed E-state index contributed by atoms with van der Waals surface area (Å²) in [6.45, 7) is 2.96. The smallest absolute Gasteiger partial charge is 0.212 e. The van der Waals surface area contributed by atoms with Crippen molar-refractivity contribution >= 4 is 0 Å². The highest BCUT2D eigenvalue weighted by Crippen LogP contribution is 2.35. The highest BCUT2D eigenvalue weighted by molar-refractivity contribution is 5.16. The van der Waals surface area contributed by atoms with Crippen LogP contribution < -0.4 is 5.32 Å². The van der Waals surface area contributed by atoms with Gasteiger partial charge >= 0.3 is 0 Å². The normalized spacial score (nSPS) is 26.6.